The highest BCUT2D eigenvalue weighted by Gasteiger charge is 2.24. The Hall–Kier alpha value is -1.65. The van der Waals surface area contributed by atoms with Gasteiger partial charge in [-0.05, 0) is 74.4 Å². The maximum Gasteiger partial charge on any atom is 0.241 e. The van der Waals surface area contributed by atoms with Crippen LogP contribution in [0.2, 0.25) is 0 Å². The van der Waals surface area contributed by atoms with Crippen LogP contribution in [0.25, 0.3) is 0 Å². The second-order valence-electron chi connectivity index (χ2n) is 6.92. The number of hydrogen-bond acceptors (Lipinski definition) is 2. The molecule has 4 heteroatoms. The molecule has 1 N–H and O–H groups in total. The molecule has 0 aliphatic heterocycles. The summed E-state index contributed by atoms with van der Waals surface area (Å²) in [6.07, 6.45) is 2.15. The molecular weight excluding hydrogens is 330 g/mol. The Morgan fingerprint density at radius 1 is 0.960 bits per heavy atom. The SMILES string of the molecule is CCCc1ccc(C(C)NS(=O)(=O)c2c(C)c(C)cc(C)c2C)cc1. The monoisotopic (exact) mass is 359 g/mol. The molecule has 2 aromatic carbocycles. The molecule has 0 spiro atoms. The lowest BCUT2D eigenvalue weighted by molar-refractivity contribution is 0.565. The Kier molecular flexibility index (Phi) is 6.07. The summed E-state index contributed by atoms with van der Waals surface area (Å²) in [5, 5.41) is 0. The zero-order valence-corrected chi connectivity index (χ0v) is 16.9. The van der Waals surface area contributed by atoms with E-state index in [4.69, 9.17) is 0 Å². The van der Waals surface area contributed by atoms with Gasteiger partial charge >= 0.3 is 0 Å². The van der Waals surface area contributed by atoms with Gasteiger partial charge in [-0.25, -0.2) is 13.1 Å². The van der Waals surface area contributed by atoms with Crippen molar-refractivity contribution >= 4 is 10.0 Å². The fourth-order valence-electron chi connectivity index (χ4n) is 3.21. The molecule has 0 aliphatic rings. The van der Waals surface area contributed by atoms with Crippen LogP contribution in [0.5, 0.6) is 0 Å². The molecule has 2 rings (SSSR count). The van der Waals surface area contributed by atoms with E-state index in [1.807, 2.05) is 52.8 Å². The van der Waals surface area contributed by atoms with Gasteiger partial charge in [-0.2, -0.15) is 0 Å². The van der Waals surface area contributed by atoms with Gasteiger partial charge in [0.2, 0.25) is 10.0 Å². The van der Waals surface area contributed by atoms with Crippen LogP contribution in [0.4, 0.5) is 0 Å². The Labute approximate surface area is 152 Å². The maximum absolute atomic E-state index is 13.0. The molecule has 1 unspecified atom stereocenters. The molecule has 0 saturated carbocycles. The van der Waals surface area contributed by atoms with Gasteiger partial charge in [0, 0.05) is 6.04 Å². The van der Waals surface area contributed by atoms with Gasteiger partial charge in [0.25, 0.3) is 0 Å². The van der Waals surface area contributed by atoms with Crippen molar-refractivity contribution in [1.29, 1.82) is 0 Å². The summed E-state index contributed by atoms with van der Waals surface area (Å²) in [6, 6.07) is 9.95. The van der Waals surface area contributed by atoms with E-state index in [-0.39, 0.29) is 6.04 Å². The summed E-state index contributed by atoms with van der Waals surface area (Å²) < 4.78 is 28.9. The van der Waals surface area contributed by atoms with Crippen LogP contribution in [0, 0.1) is 27.7 Å². The van der Waals surface area contributed by atoms with E-state index in [1.165, 1.54) is 5.56 Å². The first-order valence-corrected chi connectivity index (χ1v) is 10.3. The molecule has 0 bridgehead atoms. The van der Waals surface area contributed by atoms with E-state index in [0.717, 1.165) is 40.7 Å². The van der Waals surface area contributed by atoms with Crippen molar-refractivity contribution in [2.24, 2.45) is 0 Å². The minimum absolute atomic E-state index is 0.278. The number of benzene rings is 2. The van der Waals surface area contributed by atoms with E-state index < -0.39 is 10.0 Å². The van der Waals surface area contributed by atoms with E-state index in [2.05, 4.69) is 23.8 Å². The van der Waals surface area contributed by atoms with E-state index in [1.54, 1.807) is 0 Å². The minimum Gasteiger partial charge on any atom is -0.207 e. The van der Waals surface area contributed by atoms with Crippen LogP contribution < -0.4 is 4.72 Å². The Morgan fingerprint density at radius 3 is 1.96 bits per heavy atom. The average Bonchev–Trinajstić information content (AvgIpc) is 2.53. The van der Waals surface area contributed by atoms with Crippen molar-refractivity contribution in [3.8, 4) is 0 Å². The first kappa shape index (κ1) is 19.7. The molecule has 0 fully saturated rings. The molecule has 0 heterocycles. The lowest BCUT2D eigenvalue weighted by atomic mass is 10.0. The van der Waals surface area contributed by atoms with Crippen molar-refractivity contribution in [3.63, 3.8) is 0 Å². The van der Waals surface area contributed by atoms with Crippen molar-refractivity contribution in [2.75, 3.05) is 0 Å². The minimum atomic E-state index is -3.58. The Bertz CT molecular complexity index is 826. The second kappa shape index (κ2) is 7.71. The topological polar surface area (TPSA) is 46.2 Å². The maximum atomic E-state index is 13.0. The van der Waals surface area contributed by atoms with E-state index in [9.17, 15) is 8.42 Å². The molecule has 0 amide bonds. The summed E-state index contributed by atoms with van der Waals surface area (Å²) in [7, 11) is -3.58. The summed E-state index contributed by atoms with van der Waals surface area (Å²) in [5.74, 6) is 0. The molecule has 1 atom stereocenters. The number of rotatable bonds is 6. The summed E-state index contributed by atoms with van der Waals surface area (Å²) in [6.45, 7) is 11.7. The van der Waals surface area contributed by atoms with E-state index in [0.29, 0.717) is 4.90 Å². The van der Waals surface area contributed by atoms with Crippen LogP contribution in [-0.4, -0.2) is 8.42 Å². The first-order valence-electron chi connectivity index (χ1n) is 8.86. The van der Waals surface area contributed by atoms with Crippen molar-refractivity contribution in [2.45, 2.75) is 65.3 Å². The highest BCUT2D eigenvalue weighted by Crippen LogP contribution is 2.27. The van der Waals surface area contributed by atoms with Crippen LogP contribution in [0.3, 0.4) is 0 Å². The third kappa shape index (κ3) is 4.31. The van der Waals surface area contributed by atoms with Gasteiger partial charge in [0.15, 0.2) is 0 Å². The van der Waals surface area contributed by atoms with Crippen LogP contribution in [-0.2, 0) is 16.4 Å². The van der Waals surface area contributed by atoms with Crippen molar-refractivity contribution in [3.05, 3.63) is 63.7 Å². The first-order chi connectivity index (χ1) is 11.7. The van der Waals surface area contributed by atoms with Gasteiger partial charge in [-0.3, -0.25) is 0 Å². The van der Waals surface area contributed by atoms with Gasteiger partial charge < -0.3 is 0 Å². The van der Waals surface area contributed by atoms with Crippen molar-refractivity contribution < 1.29 is 8.42 Å². The molecule has 0 radical (unpaired) electrons. The standard InChI is InChI=1S/C21H29NO2S/c1-7-8-19-9-11-20(12-10-19)18(6)22-25(23,24)21-16(4)14(2)13-15(3)17(21)5/h9-13,18,22H,7-8H2,1-6H3. The van der Waals surface area contributed by atoms with E-state index >= 15 is 0 Å². The largest absolute Gasteiger partial charge is 0.241 e. The molecule has 3 nitrogen and oxygen atoms in total. The fourth-order valence-corrected chi connectivity index (χ4v) is 5.05. The molecule has 0 saturated heterocycles. The highest BCUT2D eigenvalue weighted by atomic mass is 32.2. The zero-order valence-electron chi connectivity index (χ0n) is 16.1. The van der Waals surface area contributed by atoms with Gasteiger partial charge in [0.1, 0.15) is 0 Å². The molecule has 2 aromatic rings. The second-order valence-corrected chi connectivity index (χ2v) is 8.57. The molecule has 25 heavy (non-hydrogen) atoms. The van der Waals surface area contributed by atoms with Crippen LogP contribution in [0.1, 0.15) is 59.7 Å². The molecular formula is C21H29NO2S. The number of aryl methyl sites for hydroxylation is 3. The van der Waals surface area contributed by atoms with Crippen molar-refractivity contribution in [1.82, 2.24) is 4.72 Å². The van der Waals surface area contributed by atoms with Crippen LogP contribution >= 0.6 is 0 Å². The lowest BCUT2D eigenvalue weighted by Gasteiger charge is -2.19. The van der Waals surface area contributed by atoms with Gasteiger partial charge in [-0.1, -0.05) is 43.7 Å². The fraction of sp³-hybridized carbons (Fsp3) is 0.429. The summed E-state index contributed by atoms with van der Waals surface area (Å²) >= 11 is 0. The smallest absolute Gasteiger partial charge is 0.207 e. The highest BCUT2D eigenvalue weighted by molar-refractivity contribution is 7.89. The third-order valence-electron chi connectivity index (χ3n) is 4.92. The third-order valence-corrected chi connectivity index (χ3v) is 6.73. The summed E-state index contributed by atoms with van der Waals surface area (Å²) in [5.41, 5.74) is 5.90. The number of nitrogens with one attached hydrogen (secondary N) is 1. The summed E-state index contributed by atoms with van der Waals surface area (Å²) in [4.78, 5) is 0.416. The Balaban J connectivity index is 2.33. The van der Waals surface area contributed by atoms with Crippen LogP contribution in [0.15, 0.2) is 35.2 Å². The zero-order chi connectivity index (χ0) is 18.8. The lowest BCUT2D eigenvalue weighted by Crippen LogP contribution is -2.28. The normalized spacial score (nSPS) is 13.0. The number of sulfonamides is 1. The predicted octanol–water partition coefficient (Wildman–Crippen LogP) is 4.91. The molecule has 0 aromatic heterocycles. The van der Waals surface area contributed by atoms with Gasteiger partial charge in [0.05, 0.1) is 4.90 Å². The molecule has 136 valence electrons. The number of hydrogen-bond donors (Lipinski definition) is 1. The Morgan fingerprint density at radius 2 is 1.48 bits per heavy atom. The molecule has 0 aliphatic carbocycles. The quantitative estimate of drug-likeness (QED) is 0.796. The van der Waals surface area contributed by atoms with Gasteiger partial charge in [-0.15, -0.1) is 0 Å². The average molecular weight is 360 g/mol. The predicted molar refractivity (Wildman–Crippen MR) is 105 cm³/mol.